The van der Waals surface area contributed by atoms with Gasteiger partial charge in [-0.3, -0.25) is 0 Å². The van der Waals surface area contributed by atoms with Crippen LogP contribution in [0.3, 0.4) is 0 Å². The molecule has 0 atom stereocenters. The highest BCUT2D eigenvalue weighted by Gasteiger charge is 2.10. The average Bonchev–Trinajstić information content (AvgIpc) is 2.40. The number of methoxy groups -OCH3 is 1. The van der Waals surface area contributed by atoms with E-state index in [1.165, 1.54) is 13.3 Å². The normalized spacial score (nSPS) is 10.5. The van der Waals surface area contributed by atoms with Gasteiger partial charge >= 0.3 is 5.97 Å². The van der Waals surface area contributed by atoms with Crippen molar-refractivity contribution in [1.29, 1.82) is 5.26 Å². The van der Waals surface area contributed by atoms with Crippen LogP contribution < -0.4 is 10.1 Å². The molecule has 0 radical (unpaired) electrons. The van der Waals surface area contributed by atoms with Crippen LogP contribution in [0.1, 0.15) is 6.92 Å². The molecule has 0 aliphatic heterocycles. The molecular formula is C13H13ClN2O3. The van der Waals surface area contributed by atoms with Crippen molar-refractivity contribution >= 4 is 23.3 Å². The summed E-state index contributed by atoms with van der Waals surface area (Å²) in [6.07, 6.45) is 1.26. The first kappa shape index (κ1) is 14.9. The van der Waals surface area contributed by atoms with Gasteiger partial charge in [0.25, 0.3) is 0 Å². The number of esters is 1. The van der Waals surface area contributed by atoms with E-state index in [9.17, 15) is 4.79 Å². The summed E-state index contributed by atoms with van der Waals surface area (Å²) >= 11 is 5.86. The Morgan fingerprint density at radius 3 is 2.89 bits per heavy atom. The van der Waals surface area contributed by atoms with Gasteiger partial charge in [-0.1, -0.05) is 11.6 Å². The Morgan fingerprint density at radius 2 is 2.32 bits per heavy atom. The Hall–Kier alpha value is -2.19. The molecule has 0 bridgehead atoms. The largest absolute Gasteiger partial charge is 0.495 e. The molecule has 0 aliphatic rings. The predicted octanol–water partition coefficient (Wildman–Crippen LogP) is 2.73. The second kappa shape index (κ2) is 7.29. The number of carbonyl (C=O) groups is 1. The molecule has 1 rings (SSSR count). The Morgan fingerprint density at radius 1 is 1.58 bits per heavy atom. The van der Waals surface area contributed by atoms with Crippen LogP contribution >= 0.6 is 11.6 Å². The number of ether oxygens (including phenoxy) is 2. The van der Waals surface area contributed by atoms with E-state index >= 15 is 0 Å². The van der Waals surface area contributed by atoms with Gasteiger partial charge in [-0.25, -0.2) is 4.79 Å². The van der Waals surface area contributed by atoms with Crippen molar-refractivity contribution in [3.63, 3.8) is 0 Å². The maximum atomic E-state index is 11.4. The number of halogens is 1. The zero-order chi connectivity index (χ0) is 14.3. The van der Waals surface area contributed by atoms with E-state index in [0.29, 0.717) is 16.5 Å². The quantitative estimate of drug-likeness (QED) is 0.510. The number of nitrogens with zero attached hydrogens (tertiary/aromatic N) is 1. The van der Waals surface area contributed by atoms with Gasteiger partial charge in [-0.15, -0.1) is 0 Å². The predicted molar refractivity (Wildman–Crippen MR) is 72.0 cm³/mol. The summed E-state index contributed by atoms with van der Waals surface area (Å²) in [5.74, 6) is -0.139. The van der Waals surface area contributed by atoms with Gasteiger partial charge in [0, 0.05) is 11.2 Å². The van der Waals surface area contributed by atoms with Crippen LogP contribution in [-0.2, 0) is 9.53 Å². The Bertz CT molecular complexity index is 535. The minimum Gasteiger partial charge on any atom is -0.495 e. The van der Waals surface area contributed by atoms with Crippen molar-refractivity contribution < 1.29 is 14.3 Å². The summed E-state index contributed by atoms with van der Waals surface area (Å²) in [5.41, 5.74) is 0.413. The zero-order valence-electron chi connectivity index (χ0n) is 10.6. The molecular weight excluding hydrogens is 268 g/mol. The van der Waals surface area contributed by atoms with Crippen molar-refractivity contribution in [2.75, 3.05) is 19.0 Å². The van der Waals surface area contributed by atoms with E-state index < -0.39 is 5.97 Å². The Balaban J connectivity index is 2.93. The lowest BCUT2D eigenvalue weighted by molar-refractivity contribution is -0.138. The van der Waals surface area contributed by atoms with Gasteiger partial charge in [0.05, 0.1) is 19.4 Å². The number of anilines is 1. The van der Waals surface area contributed by atoms with Gasteiger partial charge < -0.3 is 14.8 Å². The minimum absolute atomic E-state index is 0.135. The molecule has 0 amide bonds. The molecule has 1 N–H and O–H groups in total. The first-order chi connectivity index (χ1) is 9.12. The van der Waals surface area contributed by atoms with Crippen LogP contribution in [0.25, 0.3) is 0 Å². The van der Waals surface area contributed by atoms with Crippen LogP contribution in [-0.4, -0.2) is 19.7 Å². The molecule has 0 unspecified atom stereocenters. The second-order valence-corrected chi connectivity index (χ2v) is 3.82. The van der Waals surface area contributed by atoms with E-state index in [4.69, 9.17) is 26.3 Å². The topological polar surface area (TPSA) is 71.4 Å². The van der Waals surface area contributed by atoms with E-state index in [1.54, 1.807) is 31.2 Å². The molecule has 6 heteroatoms. The van der Waals surface area contributed by atoms with Crippen molar-refractivity contribution in [2.24, 2.45) is 0 Å². The summed E-state index contributed by atoms with van der Waals surface area (Å²) in [4.78, 5) is 11.4. The second-order valence-electron chi connectivity index (χ2n) is 3.38. The molecule has 0 fully saturated rings. The van der Waals surface area contributed by atoms with Crippen molar-refractivity contribution in [3.8, 4) is 11.8 Å². The van der Waals surface area contributed by atoms with Crippen LogP contribution in [0.15, 0.2) is 30.0 Å². The molecule has 1 aromatic carbocycles. The molecule has 0 aliphatic carbocycles. The first-order valence-corrected chi connectivity index (χ1v) is 5.87. The molecule has 5 nitrogen and oxygen atoms in total. The highest BCUT2D eigenvalue weighted by atomic mass is 35.5. The molecule has 0 aromatic heterocycles. The number of hydrogen-bond donors (Lipinski definition) is 1. The fourth-order valence-corrected chi connectivity index (χ4v) is 1.46. The molecule has 0 spiro atoms. The number of nitrogens with one attached hydrogen (secondary N) is 1. The Labute approximate surface area is 116 Å². The highest BCUT2D eigenvalue weighted by Crippen LogP contribution is 2.27. The number of nitriles is 1. The van der Waals surface area contributed by atoms with Gasteiger partial charge in [-0.2, -0.15) is 5.26 Å². The minimum atomic E-state index is -0.682. The van der Waals surface area contributed by atoms with Gasteiger partial charge in [0.1, 0.15) is 11.8 Å². The lowest BCUT2D eigenvalue weighted by Crippen LogP contribution is -2.08. The maximum absolute atomic E-state index is 11.4. The third-order valence-electron chi connectivity index (χ3n) is 2.15. The SMILES string of the molecule is CCOC(=O)C(C#N)=CNc1cc(Cl)ccc1OC. The van der Waals surface area contributed by atoms with Crippen molar-refractivity contribution in [3.05, 3.63) is 35.0 Å². The molecule has 0 saturated heterocycles. The van der Waals surface area contributed by atoms with Crippen LogP contribution in [0.5, 0.6) is 5.75 Å². The summed E-state index contributed by atoms with van der Waals surface area (Å²) in [6, 6.07) is 6.73. The fraction of sp³-hybridized carbons (Fsp3) is 0.231. The smallest absolute Gasteiger partial charge is 0.350 e. The summed E-state index contributed by atoms with van der Waals surface area (Å²) in [5, 5.41) is 12.2. The van der Waals surface area contributed by atoms with Crippen LogP contribution in [0.2, 0.25) is 5.02 Å². The van der Waals surface area contributed by atoms with Gasteiger partial charge in [0.15, 0.2) is 5.57 Å². The molecule has 0 saturated carbocycles. The monoisotopic (exact) mass is 280 g/mol. The number of rotatable bonds is 5. The standard InChI is InChI=1S/C13H13ClN2O3/c1-3-19-13(17)9(7-15)8-16-11-6-10(14)4-5-12(11)18-2/h4-6,8,16H,3H2,1-2H3. The third-order valence-corrected chi connectivity index (χ3v) is 2.38. The summed E-state index contributed by atoms with van der Waals surface area (Å²) in [6.45, 7) is 1.87. The highest BCUT2D eigenvalue weighted by molar-refractivity contribution is 6.30. The van der Waals surface area contributed by atoms with E-state index in [2.05, 4.69) is 5.32 Å². The third kappa shape index (κ3) is 4.19. The maximum Gasteiger partial charge on any atom is 0.350 e. The van der Waals surface area contributed by atoms with E-state index in [1.807, 2.05) is 0 Å². The molecule has 0 heterocycles. The van der Waals surface area contributed by atoms with Crippen molar-refractivity contribution in [2.45, 2.75) is 6.92 Å². The first-order valence-electron chi connectivity index (χ1n) is 5.49. The zero-order valence-corrected chi connectivity index (χ0v) is 11.3. The van der Waals surface area contributed by atoms with E-state index in [0.717, 1.165) is 0 Å². The summed E-state index contributed by atoms with van der Waals surface area (Å²) < 4.78 is 9.86. The number of benzene rings is 1. The van der Waals surface area contributed by atoms with E-state index in [-0.39, 0.29) is 12.2 Å². The van der Waals surface area contributed by atoms with Crippen molar-refractivity contribution in [1.82, 2.24) is 0 Å². The summed E-state index contributed by atoms with van der Waals surface area (Å²) in [7, 11) is 1.51. The lowest BCUT2D eigenvalue weighted by atomic mass is 10.2. The number of carbonyl (C=O) groups excluding carboxylic acids is 1. The molecule has 100 valence electrons. The van der Waals surface area contributed by atoms with Gasteiger partial charge in [0.2, 0.25) is 0 Å². The van der Waals surface area contributed by atoms with Crippen LogP contribution in [0.4, 0.5) is 5.69 Å². The average molecular weight is 281 g/mol. The molecule has 19 heavy (non-hydrogen) atoms. The lowest BCUT2D eigenvalue weighted by Gasteiger charge is -2.08. The molecule has 1 aromatic rings. The fourth-order valence-electron chi connectivity index (χ4n) is 1.29. The van der Waals surface area contributed by atoms with Crippen LogP contribution in [0, 0.1) is 11.3 Å². The van der Waals surface area contributed by atoms with Gasteiger partial charge in [-0.05, 0) is 25.1 Å². The number of hydrogen-bond acceptors (Lipinski definition) is 5. The Kier molecular flexibility index (Phi) is 5.71.